The molecular formula is C42H57N3O3S. The van der Waals surface area contributed by atoms with Gasteiger partial charge in [-0.1, -0.05) is 131 Å². The predicted octanol–water partition coefficient (Wildman–Crippen LogP) is 8.79. The SMILES string of the molecule is CC[C@H](C)[C@H](NC[C@H]1C[C@@H](SC(c2ccccc2)(c2ccccc2)c2ccccc2)CN1C(=O)OC(C)(C)C)C(=O)NCC1CCCCC1. The highest BCUT2D eigenvalue weighted by atomic mass is 32.2. The summed E-state index contributed by atoms with van der Waals surface area (Å²) in [6.45, 7) is 11.9. The fraction of sp³-hybridized carbons (Fsp3) is 0.524. The summed E-state index contributed by atoms with van der Waals surface area (Å²) in [5.74, 6) is 0.809. The quantitative estimate of drug-likeness (QED) is 0.176. The minimum Gasteiger partial charge on any atom is -0.444 e. The molecule has 2 aliphatic rings. The molecule has 6 nitrogen and oxygen atoms in total. The molecular weight excluding hydrogens is 627 g/mol. The first-order chi connectivity index (χ1) is 23.6. The minimum absolute atomic E-state index is 0.0731. The summed E-state index contributed by atoms with van der Waals surface area (Å²) < 4.78 is 5.49. The largest absolute Gasteiger partial charge is 0.444 e. The van der Waals surface area contributed by atoms with Gasteiger partial charge < -0.3 is 20.3 Å². The third kappa shape index (κ3) is 9.49. The van der Waals surface area contributed by atoms with E-state index in [0.29, 0.717) is 19.0 Å². The molecule has 2 N–H and O–H groups in total. The van der Waals surface area contributed by atoms with Gasteiger partial charge in [0.1, 0.15) is 5.60 Å². The van der Waals surface area contributed by atoms with Gasteiger partial charge in [-0.15, -0.1) is 11.8 Å². The molecule has 264 valence electrons. The molecule has 1 aliphatic carbocycles. The summed E-state index contributed by atoms with van der Waals surface area (Å²) in [6.07, 6.45) is 7.59. The van der Waals surface area contributed by atoms with Crippen LogP contribution in [-0.4, -0.2) is 59.5 Å². The molecule has 2 amide bonds. The zero-order valence-corrected chi connectivity index (χ0v) is 31.0. The number of benzene rings is 3. The van der Waals surface area contributed by atoms with E-state index >= 15 is 0 Å². The van der Waals surface area contributed by atoms with E-state index < -0.39 is 10.3 Å². The first kappa shape index (κ1) is 37.0. The Morgan fingerprint density at radius 2 is 1.37 bits per heavy atom. The first-order valence-corrected chi connectivity index (χ1v) is 19.3. The molecule has 5 rings (SSSR count). The van der Waals surface area contributed by atoms with Crippen molar-refractivity contribution in [3.63, 3.8) is 0 Å². The van der Waals surface area contributed by atoms with Crippen molar-refractivity contribution in [1.82, 2.24) is 15.5 Å². The molecule has 1 saturated heterocycles. The number of carbonyl (C=O) groups is 2. The van der Waals surface area contributed by atoms with Crippen LogP contribution in [0.2, 0.25) is 0 Å². The summed E-state index contributed by atoms with van der Waals surface area (Å²) in [7, 11) is 0. The van der Waals surface area contributed by atoms with Crippen LogP contribution < -0.4 is 10.6 Å². The van der Waals surface area contributed by atoms with Gasteiger partial charge in [0.25, 0.3) is 0 Å². The van der Waals surface area contributed by atoms with Crippen LogP contribution in [0.3, 0.4) is 0 Å². The maximum Gasteiger partial charge on any atom is 0.410 e. The van der Waals surface area contributed by atoms with Gasteiger partial charge in [0.15, 0.2) is 0 Å². The van der Waals surface area contributed by atoms with Crippen molar-refractivity contribution in [1.29, 1.82) is 0 Å². The van der Waals surface area contributed by atoms with Crippen molar-refractivity contribution in [2.24, 2.45) is 11.8 Å². The number of likely N-dealkylation sites (tertiary alicyclic amines) is 1. The maximum absolute atomic E-state index is 13.8. The Balaban J connectivity index is 1.42. The minimum atomic E-state index is -0.611. The van der Waals surface area contributed by atoms with E-state index in [2.05, 4.69) is 115 Å². The van der Waals surface area contributed by atoms with Crippen LogP contribution in [0.5, 0.6) is 0 Å². The van der Waals surface area contributed by atoms with Crippen molar-refractivity contribution in [2.45, 2.75) is 107 Å². The summed E-state index contributed by atoms with van der Waals surface area (Å²) >= 11 is 1.92. The normalized spacial score (nSPS) is 20.1. The van der Waals surface area contributed by atoms with Gasteiger partial charge in [0.2, 0.25) is 5.91 Å². The number of rotatable bonds is 13. The molecule has 1 saturated carbocycles. The summed E-state index contributed by atoms with van der Waals surface area (Å²) in [5.41, 5.74) is 3.00. The lowest BCUT2D eigenvalue weighted by Gasteiger charge is -2.37. The Morgan fingerprint density at radius 1 is 0.837 bits per heavy atom. The predicted molar refractivity (Wildman–Crippen MR) is 203 cm³/mol. The van der Waals surface area contributed by atoms with Gasteiger partial charge in [-0.05, 0) is 68.6 Å². The molecule has 0 bridgehead atoms. The second kappa shape index (κ2) is 17.1. The number of thioether (sulfide) groups is 1. The van der Waals surface area contributed by atoms with Gasteiger partial charge in [0, 0.05) is 30.9 Å². The van der Waals surface area contributed by atoms with Gasteiger partial charge in [0.05, 0.1) is 10.8 Å². The maximum atomic E-state index is 13.8. The average Bonchev–Trinajstić information content (AvgIpc) is 3.53. The lowest BCUT2D eigenvalue weighted by Crippen LogP contribution is -2.53. The number of hydrogen-bond donors (Lipinski definition) is 2. The van der Waals surface area contributed by atoms with Crippen molar-refractivity contribution in [3.05, 3.63) is 108 Å². The number of ether oxygens (including phenoxy) is 1. The number of amides is 2. The highest BCUT2D eigenvalue weighted by molar-refractivity contribution is 8.01. The highest BCUT2D eigenvalue weighted by Crippen LogP contribution is 2.52. The fourth-order valence-electron chi connectivity index (χ4n) is 7.47. The molecule has 3 aromatic rings. The van der Waals surface area contributed by atoms with E-state index in [1.807, 2.05) is 37.4 Å². The van der Waals surface area contributed by atoms with Crippen LogP contribution in [0.25, 0.3) is 0 Å². The Morgan fingerprint density at radius 3 is 1.86 bits per heavy atom. The standard InChI is InChI=1S/C42H57N3O3S/c1-6-31(2)38(39(46)44-28-32-19-11-7-12-20-32)43-29-36-27-37(30-45(36)40(47)48-41(3,4)5)49-42(33-21-13-8-14-22-33,34-23-15-9-16-24-34)35-25-17-10-18-26-35/h8-10,13-18,21-26,31-32,36-38,43H,6-7,11-12,19-20,27-30H2,1-5H3,(H,44,46)/t31-,36+,37+,38-/m0/s1. The molecule has 0 aromatic heterocycles. The molecule has 0 unspecified atom stereocenters. The van der Waals surface area contributed by atoms with E-state index in [1.165, 1.54) is 48.8 Å². The second-order valence-corrected chi connectivity index (χ2v) is 16.6. The Hall–Kier alpha value is -3.29. The van der Waals surface area contributed by atoms with E-state index in [1.54, 1.807) is 0 Å². The van der Waals surface area contributed by atoms with Crippen LogP contribution in [0.1, 0.15) is 96.3 Å². The highest BCUT2D eigenvalue weighted by Gasteiger charge is 2.45. The fourth-order valence-corrected chi connectivity index (χ4v) is 9.34. The summed E-state index contributed by atoms with van der Waals surface area (Å²) in [5, 5.41) is 7.06. The second-order valence-electron chi connectivity index (χ2n) is 15.1. The van der Waals surface area contributed by atoms with Crippen molar-refractivity contribution < 1.29 is 14.3 Å². The topological polar surface area (TPSA) is 70.7 Å². The number of nitrogens with zero attached hydrogens (tertiary/aromatic N) is 1. The molecule has 7 heteroatoms. The monoisotopic (exact) mass is 683 g/mol. The number of hydrogen-bond acceptors (Lipinski definition) is 5. The molecule has 0 radical (unpaired) electrons. The molecule has 3 aromatic carbocycles. The Labute approximate surface area is 299 Å². The van der Waals surface area contributed by atoms with Gasteiger partial charge in [-0.25, -0.2) is 4.79 Å². The third-order valence-corrected chi connectivity index (χ3v) is 12.0. The van der Waals surface area contributed by atoms with Crippen LogP contribution in [0.4, 0.5) is 4.79 Å². The van der Waals surface area contributed by atoms with Crippen LogP contribution in [-0.2, 0) is 14.3 Å². The van der Waals surface area contributed by atoms with E-state index in [4.69, 9.17) is 4.74 Å². The zero-order valence-electron chi connectivity index (χ0n) is 30.2. The smallest absolute Gasteiger partial charge is 0.410 e. The lowest BCUT2D eigenvalue weighted by atomic mass is 9.84. The van der Waals surface area contributed by atoms with Crippen LogP contribution >= 0.6 is 11.8 Å². The summed E-state index contributed by atoms with van der Waals surface area (Å²) in [4.78, 5) is 29.4. The Kier molecular flexibility index (Phi) is 12.9. The average molecular weight is 684 g/mol. The first-order valence-electron chi connectivity index (χ1n) is 18.5. The zero-order chi connectivity index (χ0) is 34.9. The molecule has 1 aliphatic heterocycles. The van der Waals surface area contributed by atoms with Gasteiger partial charge >= 0.3 is 6.09 Å². The van der Waals surface area contributed by atoms with Crippen LogP contribution in [0.15, 0.2) is 91.0 Å². The van der Waals surface area contributed by atoms with Gasteiger partial charge in [-0.2, -0.15) is 0 Å². The van der Waals surface area contributed by atoms with E-state index in [-0.39, 0.29) is 35.3 Å². The number of carbonyl (C=O) groups excluding carboxylic acids is 2. The van der Waals surface area contributed by atoms with Crippen molar-refractivity contribution in [2.75, 3.05) is 19.6 Å². The van der Waals surface area contributed by atoms with Crippen molar-refractivity contribution in [3.8, 4) is 0 Å². The molecule has 0 spiro atoms. The third-order valence-electron chi connectivity index (χ3n) is 10.2. The van der Waals surface area contributed by atoms with E-state index in [9.17, 15) is 9.59 Å². The summed E-state index contributed by atoms with van der Waals surface area (Å²) in [6, 6.07) is 31.7. The molecule has 4 atom stereocenters. The van der Waals surface area contributed by atoms with Crippen LogP contribution in [0, 0.1) is 11.8 Å². The van der Waals surface area contributed by atoms with Crippen molar-refractivity contribution >= 4 is 23.8 Å². The lowest BCUT2D eigenvalue weighted by molar-refractivity contribution is -0.124. The molecule has 49 heavy (non-hydrogen) atoms. The van der Waals surface area contributed by atoms with E-state index in [0.717, 1.165) is 19.4 Å². The Bertz CT molecular complexity index is 1360. The molecule has 1 heterocycles. The van der Waals surface area contributed by atoms with Gasteiger partial charge in [-0.3, -0.25) is 4.79 Å². The molecule has 2 fully saturated rings. The number of nitrogens with one attached hydrogen (secondary N) is 2.